The maximum absolute atomic E-state index is 11.7. The van der Waals surface area contributed by atoms with Crippen molar-refractivity contribution in [3.05, 3.63) is 0 Å². The summed E-state index contributed by atoms with van der Waals surface area (Å²) in [6.45, 7) is 2.28. The van der Waals surface area contributed by atoms with Crippen LogP contribution in [0.3, 0.4) is 0 Å². The van der Waals surface area contributed by atoms with Gasteiger partial charge in [0.15, 0.2) is 0 Å². The fourth-order valence-corrected chi connectivity index (χ4v) is 2.10. The number of hydrogen-bond donors (Lipinski definition) is 2. The van der Waals surface area contributed by atoms with Crippen molar-refractivity contribution in [3.8, 4) is 0 Å². The highest BCUT2D eigenvalue weighted by atomic mass is 16.7. The lowest BCUT2D eigenvalue weighted by atomic mass is 9.78. The van der Waals surface area contributed by atoms with Crippen molar-refractivity contribution in [3.63, 3.8) is 0 Å². The van der Waals surface area contributed by atoms with Gasteiger partial charge in [0.1, 0.15) is 13.6 Å². The largest absolute Gasteiger partial charge is 0.479 e. The van der Waals surface area contributed by atoms with Crippen LogP contribution in [0.25, 0.3) is 0 Å². The molecule has 2 atom stereocenters. The van der Waals surface area contributed by atoms with Gasteiger partial charge in [-0.1, -0.05) is 13.8 Å². The topological polar surface area (TPSA) is 112 Å². The normalized spacial score (nSPS) is 17.2. The zero-order chi connectivity index (χ0) is 15.8. The van der Waals surface area contributed by atoms with Gasteiger partial charge >= 0.3 is 11.9 Å². The molecule has 0 aliphatic carbocycles. The molecule has 0 aromatic carbocycles. The molecule has 2 unspecified atom stereocenters. The lowest BCUT2D eigenvalue weighted by molar-refractivity contribution is -0.262. The Balaban J connectivity index is 5.82. The van der Waals surface area contributed by atoms with Crippen LogP contribution in [0.15, 0.2) is 0 Å². The van der Waals surface area contributed by atoms with Crippen LogP contribution < -0.4 is 0 Å². The summed E-state index contributed by atoms with van der Waals surface area (Å²) in [5, 5.41) is 19.0. The average molecular weight is 294 g/mol. The van der Waals surface area contributed by atoms with Gasteiger partial charge in [0.05, 0.1) is 0 Å². The van der Waals surface area contributed by atoms with Crippen LogP contribution in [0, 0.1) is 0 Å². The molecule has 0 aliphatic rings. The van der Waals surface area contributed by atoms with Gasteiger partial charge in [-0.25, -0.2) is 9.59 Å². The number of carboxylic acids is 2. The van der Waals surface area contributed by atoms with Crippen molar-refractivity contribution in [1.82, 2.24) is 0 Å². The summed E-state index contributed by atoms with van der Waals surface area (Å²) in [7, 11) is 2.62. The lowest BCUT2D eigenvalue weighted by Gasteiger charge is -2.42. The SMILES string of the molecule is CCC(OCOC)(C(=O)O)C(CC)(OCOC)C(=O)O. The molecule has 0 radical (unpaired) electrons. The minimum atomic E-state index is -2.08. The number of rotatable bonds is 11. The van der Waals surface area contributed by atoms with Crippen LogP contribution in [0.5, 0.6) is 0 Å². The number of ether oxygens (including phenoxy) is 4. The van der Waals surface area contributed by atoms with E-state index in [0.29, 0.717) is 0 Å². The average Bonchev–Trinajstić information content (AvgIpc) is 2.42. The minimum absolute atomic E-state index is 0.116. The predicted molar refractivity (Wildman–Crippen MR) is 67.2 cm³/mol. The number of hydrogen-bond acceptors (Lipinski definition) is 6. The molecule has 0 fully saturated rings. The number of methoxy groups -OCH3 is 2. The zero-order valence-corrected chi connectivity index (χ0v) is 12.2. The van der Waals surface area contributed by atoms with Gasteiger partial charge in [0.2, 0.25) is 11.2 Å². The molecule has 0 spiro atoms. The number of aliphatic carboxylic acids is 2. The molecule has 0 aliphatic heterocycles. The second-order valence-electron chi connectivity index (χ2n) is 4.07. The third-order valence-electron chi connectivity index (χ3n) is 3.19. The molecule has 2 N–H and O–H groups in total. The molecule has 0 amide bonds. The highest BCUT2D eigenvalue weighted by Gasteiger charge is 2.62. The van der Waals surface area contributed by atoms with E-state index in [0.717, 1.165) is 0 Å². The Bertz CT molecular complexity index is 299. The van der Waals surface area contributed by atoms with Gasteiger partial charge in [-0.15, -0.1) is 0 Å². The monoisotopic (exact) mass is 294 g/mol. The van der Waals surface area contributed by atoms with E-state index in [2.05, 4.69) is 0 Å². The first-order valence-corrected chi connectivity index (χ1v) is 6.11. The predicted octanol–water partition coefficient (Wildman–Crippen LogP) is 0.694. The van der Waals surface area contributed by atoms with E-state index >= 15 is 0 Å². The van der Waals surface area contributed by atoms with Gasteiger partial charge in [0, 0.05) is 14.2 Å². The molecule has 0 bridgehead atoms. The Labute approximate surface area is 117 Å². The standard InChI is InChI=1S/C12H22O8/c1-5-11(9(13)14,19-7-17-3)12(6-2,10(15)16)20-8-18-4/h5-8H2,1-4H3,(H,13,14)(H,15,16). The van der Waals surface area contributed by atoms with Crippen LogP contribution in [-0.2, 0) is 28.5 Å². The minimum Gasteiger partial charge on any atom is -0.479 e. The molecule has 0 aromatic rings. The molecule has 20 heavy (non-hydrogen) atoms. The number of carboxylic acid groups (broad SMARTS) is 2. The molecule has 0 saturated heterocycles. The third-order valence-corrected chi connectivity index (χ3v) is 3.19. The zero-order valence-electron chi connectivity index (χ0n) is 12.2. The molecule has 8 heteroatoms. The fourth-order valence-electron chi connectivity index (χ4n) is 2.10. The molecule has 0 saturated carbocycles. The highest BCUT2D eigenvalue weighted by molar-refractivity contribution is 5.91. The highest BCUT2D eigenvalue weighted by Crippen LogP contribution is 2.37. The molecular weight excluding hydrogens is 272 g/mol. The van der Waals surface area contributed by atoms with Crippen LogP contribution in [0.1, 0.15) is 26.7 Å². The first-order chi connectivity index (χ1) is 9.38. The second kappa shape index (κ2) is 8.15. The Kier molecular flexibility index (Phi) is 7.66. The summed E-state index contributed by atoms with van der Waals surface area (Å²) >= 11 is 0. The fraction of sp³-hybridized carbons (Fsp3) is 0.833. The Hall–Kier alpha value is -1.22. The summed E-state index contributed by atoms with van der Waals surface area (Å²) < 4.78 is 19.9. The Morgan fingerprint density at radius 2 is 1.15 bits per heavy atom. The maximum Gasteiger partial charge on any atom is 0.339 e. The van der Waals surface area contributed by atoms with Gasteiger partial charge < -0.3 is 29.2 Å². The third kappa shape index (κ3) is 3.26. The second-order valence-corrected chi connectivity index (χ2v) is 4.07. The van der Waals surface area contributed by atoms with Crippen molar-refractivity contribution in [2.45, 2.75) is 37.9 Å². The molecule has 0 rings (SSSR count). The van der Waals surface area contributed by atoms with Crippen LogP contribution in [0.4, 0.5) is 0 Å². The molecule has 0 heterocycles. The van der Waals surface area contributed by atoms with Gasteiger partial charge in [0.25, 0.3) is 0 Å². The van der Waals surface area contributed by atoms with Crippen molar-refractivity contribution < 1.29 is 38.7 Å². The maximum atomic E-state index is 11.7. The van der Waals surface area contributed by atoms with Gasteiger partial charge in [-0.05, 0) is 12.8 Å². The summed E-state index contributed by atoms with van der Waals surface area (Å²) in [6, 6.07) is 0. The van der Waals surface area contributed by atoms with Crippen molar-refractivity contribution in [2.75, 3.05) is 27.8 Å². The molecular formula is C12H22O8. The van der Waals surface area contributed by atoms with E-state index in [1.165, 1.54) is 28.1 Å². The molecule has 0 aromatic heterocycles. The van der Waals surface area contributed by atoms with Crippen molar-refractivity contribution >= 4 is 11.9 Å². The van der Waals surface area contributed by atoms with Crippen LogP contribution in [0.2, 0.25) is 0 Å². The van der Waals surface area contributed by atoms with E-state index < -0.39 is 23.1 Å². The Morgan fingerprint density at radius 3 is 1.30 bits per heavy atom. The summed E-state index contributed by atoms with van der Waals surface area (Å²) in [6.07, 6.45) is -0.231. The van der Waals surface area contributed by atoms with Crippen molar-refractivity contribution in [1.29, 1.82) is 0 Å². The first kappa shape index (κ1) is 18.8. The Morgan fingerprint density at radius 1 is 0.850 bits per heavy atom. The van der Waals surface area contributed by atoms with Crippen LogP contribution in [-0.4, -0.2) is 61.2 Å². The van der Waals surface area contributed by atoms with Crippen molar-refractivity contribution in [2.24, 2.45) is 0 Å². The molecule has 8 nitrogen and oxygen atoms in total. The van der Waals surface area contributed by atoms with Crippen LogP contribution >= 0.6 is 0 Å². The van der Waals surface area contributed by atoms with Gasteiger partial charge in [-0.2, -0.15) is 0 Å². The lowest BCUT2D eigenvalue weighted by Crippen LogP contribution is -2.66. The summed E-state index contributed by atoms with van der Waals surface area (Å²) in [5.41, 5.74) is -4.16. The van der Waals surface area contributed by atoms with E-state index in [-0.39, 0.29) is 26.4 Å². The quantitative estimate of drug-likeness (QED) is 0.535. The van der Waals surface area contributed by atoms with E-state index in [9.17, 15) is 19.8 Å². The van der Waals surface area contributed by atoms with E-state index in [4.69, 9.17) is 18.9 Å². The molecule has 118 valence electrons. The van der Waals surface area contributed by atoms with E-state index in [1.807, 2.05) is 0 Å². The summed E-state index contributed by atoms with van der Waals surface area (Å²) in [4.78, 5) is 23.3. The first-order valence-electron chi connectivity index (χ1n) is 6.11. The summed E-state index contributed by atoms with van der Waals surface area (Å²) in [5.74, 6) is -2.87. The van der Waals surface area contributed by atoms with Gasteiger partial charge in [-0.3, -0.25) is 0 Å². The smallest absolute Gasteiger partial charge is 0.339 e. The number of carbonyl (C=O) groups is 2. The van der Waals surface area contributed by atoms with E-state index in [1.54, 1.807) is 0 Å².